The van der Waals surface area contributed by atoms with Crippen LogP contribution in [0.2, 0.25) is 0 Å². The van der Waals surface area contributed by atoms with Gasteiger partial charge in [0.15, 0.2) is 0 Å². The molecule has 3 N–H and O–H groups in total. The first-order valence-electron chi connectivity index (χ1n) is 5.61. The monoisotopic (exact) mass is 237 g/mol. The number of anilines is 1. The summed E-state index contributed by atoms with van der Waals surface area (Å²) in [5, 5.41) is 26.5. The van der Waals surface area contributed by atoms with Gasteiger partial charge in [0.05, 0.1) is 11.0 Å². The molecule has 1 heterocycles. The lowest BCUT2D eigenvalue weighted by Crippen LogP contribution is -2.38. The first kappa shape index (κ1) is 11.7. The second kappa shape index (κ2) is 5.01. The summed E-state index contributed by atoms with van der Waals surface area (Å²) in [6.45, 7) is 1.80. The van der Waals surface area contributed by atoms with Crippen LogP contribution in [0.5, 0.6) is 5.75 Å². The minimum absolute atomic E-state index is 0.0874. The molecule has 1 aliphatic rings. The van der Waals surface area contributed by atoms with Crippen molar-refractivity contribution in [3.05, 3.63) is 28.3 Å². The summed E-state index contributed by atoms with van der Waals surface area (Å²) >= 11 is 0. The van der Waals surface area contributed by atoms with Crippen molar-refractivity contribution >= 4 is 11.4 Å². The van der Waals surface area contributed by atoms with E-state index in [0.717, 1.165) is 25.9 Å². The van der Waals surface area contributed by atoms with E-state index in [9.17, 15) is 15.2 Å². The van der Waals surface area contributed by atoms with Crippen molar-refractivity contribution < 1.29 is 10.0 Å². The van der Waals surface area contributed by atoms with Crippen LogP contribution in [0.25, 0.3) is 0 Å². The Labute approximate surface area is 98.8 Å². The van der Waals surface area contributed by atoms with Gasteiger partial charge >= 0.3 is 0 Å². The van der Waals surface area contributed by atoms with Crippen molar-refractivity contribution in [2.75, 3.05) is 18.4 Å². The summed E-state index contributed by atoms with van der Waals surface area (Å²) < 4.78 is 0. The number of nitrogens with zero attached hydrogens (tertiary/aromatic N) is 1. The number of phenolic OH excluding ortho intramolecular Hbond substituents is 1. The first-order chi connectivity index (χ1) is 8.16. The van der Waals surface area contributed by atoms with Gasteiger partial charge in [-0.05, 0) is 31.5 Å². The molecule has 1 saturated heterocycles. The van der Waals surface area contributed by atoms with Crippen LogP contribution in [0.1, 0.15) is 12.8 Å². The Morgan fingerprint density at radius 1 is 1.53 bits per heavy atom. The molecule has 1 unspecified atom stereocenters. The summed E-state index contributed by atoms with van der Waals surface area (Å²) in [6, 6.07) is 4.36. The van der Waals surface area contributed by atoms with Crippen molar-refractivity contribution in [2.24, 2.45) is 0 Å². The summed E-state index contributed by atoms with van der Waals surface area (Å²) in [6.07, 6.45) is 2.05. The molecule has 0 radical (unpaired) electrons. The number of aromatic hydroxyl groups is 1. The zero-order chi connectivity index (χ0) is 12.3. The van der Waals surface area contributed by atoms with Gasteiger partial charge in [-0.1, -0.05) is 0 Å². The van der Waals surface area contributed by atoms with E-state index in [1.54, 1.807) is 6.07 Å². The Morgan fingerprint density at radius 2 is 2.35 bits per heavy atom. The number of rotatable bonds is 3. The van der Waals surface area contributed by atoms with Gasteiger partial charge in [0.2, 0.25) is 0 Å². The number of hydrogen-bond acceptors (Lipinski definition) is 5. The van der Waals surface area contributed by atoms with Crippen LogP contribution >= 0.6 is 0 Å². The van der Waals surface area contributed by atoms with E-state index in [-0.39, 0.29) is 17.5 Å². The van der Waals surface area contributed by atoms with E-state index in [0.29, 0.717) is 5.69 Å². The van der Waals surface area contributed by atoms with Gasteiger partial charge < -0.3 is 15.7 Å². The normalized spacial score (nSPS) is 19.9. The van der Waals surface area contributed by atoms with E-state index in [1.165, 1.54) is 12.1 Å². The number of benzene rings is 1. The third-order valence-electron chi connectivity index (χ3n) is 2.83. The number of nitro benzene ring substituents is 1. The molecule has 92 valence electrons. The van der Waals surface area contributed by atoms with Crippen molar-refractivity contribution in [1.82, 2.24) is 5.32 Å². The lowest BCUT2D eigenvalue weighted by molar-refractivity contribution is -0.384. The van der Waals surface area contributed by atoms with Gasteiger partial charge in [-0.3, -0.25) is 10.1 Å². The molecule has 0 saturated carbocycles. The van der Waals surface area contributed by atoms with Crippen molar-refractivity contribution in [1.29, 1.82) is 0 Å². The Morgan fingerprint density at radius 3 is 3.00 bits per heavy atom. The molecule has 1 aliphatic heterocycles. The summed E-state index contributed by atoms with van der Waals surface area (Å²) in [5.41, 5.74) is 0.372. The number of nitrogens with one attached hydrogen (secondary N) is 2. The standard InChI is InChI=1S/C11H15N3O3/c15-9-3-4-10(11(6-9)14(16)17)13-8-2-1-5-12-7-8/h3-4,6,8,12-13,15H,1-2,5,7H2. The molecule has 6 heteroatoms. The van der Waals surface area contributed by atoms with Crippen LogP contribution < -0.4 is 10.6 Å². The fourth-order valence-electron chi connectivity index (χ4n) is 1.99. The van der Waals surface area contributed by atoms with E-state index in [2.05, 4.69) is 10.6 Å². The molecule has 1 aromatic carbocycles. The molecule has 1 atom stereocenters. The van der Waals surface area contributed by atoms with Crippen molar-refractivity contribution in [2.45, 2.75) is 18.9 Å². The molecule has 2 rings (SSSR count). The maximum Gasteiger partial charge on any atom is 0.296 e. The minimum Gasteiger partial charge on any atom is -0.508 e. The molecule has 0 amide bonds. The fraction of sp³-hybridized carbons (Fsp3) is 0.455. The average Bonchev–Trinajstić information content (AvgIpc) is 2.32. The topological polar surface area (TPSA) is 87.4 Å². The highest BCUT2D eigenvalue weighted by atomic mass is 16.6. The Kier molecular flexibility index (Phi) is 3.43. The zero-order valence-electron chi connectivity index (χ0n) is 9.35. The lowest BCUT2D eigenvalue weighted by Gasteiger charge is -2.24. The van der Waals surface area contributed by atoms with Gasteiger partial charge in [-0.2, -0.15) is 0 Å². The van der Waals surface area contributed by atoms with E-state index >= 15 is 0 Å². The molecule has 0 bridgehead atoms. The van der Waals surface area contributed by atoms with E-state index in [1.807, 2.05) is 0 Å². The first-order valence-corrected chi connectivity index (χ1v) is 5.61. The molecule has 0 aliphatic carbocycles. The molecule has 0 spiro atoms. The maximum absolute atomic E-state index is 10.9. The van der Waals surface area contributed by atoms with Gasteiger partial charge in [0.1, 0.15) is 11.4 Å². The molecule has 6 nitrogen and oxygen atoms in total. The number of piperidine rings is 1. The Hall–Kier alpha value is -1.82. The summed E-state index contributed by atoms with van der Waals surface area (Å²) in [4.78, 5) is 10.4. The highest BCUT2D eigenvalue weighted by Crippen LogP contribution is 2.29. The summed E-state index contributed by atoms with van der Waals surface area (Å²) in [7, 11) is 0. The molecule has 17 heavy (non-hydrogen) atoms. The van der Waals surface area contributed by atoms with Gasteiger partial charge in [0, 0.05) is 12.6 Å². The number of nitro groups is 1. The average molecular weight is 237 g/mol. The van der Waals surface area contributed by atoms with Crippen LogP contribution in [0, 0.1) is 10.1 Å². The predicted molar refractivity (Wildman–Crippen MR) is 64.3 cm³/mol. The van der Waals surface area contributed by atoms with Gasteiger partial charge in [-0.25, -0.2) is 0 Å². The van der Waals surface area contributed by atoms with Crippen LogP contribution in [0.15, 0.2) is 18.2 Å². The highest BCUT2D eigenvalue weighted by molar-refractivity contribution is 5.64. The minimum atomic E-state index is -0.488. The largest absolute Gasteiger partial charge is 0.508 e. The predicted octanol–water partition coefficient (Wildman–Crippen LogP) is 1.46. The second-order valence-corrected chi connectivity index (χ2v) is 4.15. The second-order valence-electron chi connectivity index (χ2n) is 4.15. The lowest BCUT2D eigenvalue weighted by atomic mass is 10.1. The zero-order valence-corrected chi connectivity index (χ0v) is 9.35. The fourth-order valence-corrected chi connectivity index (χ4v) is 1.99. The Balaban J connectivity index is 2.16. The number of phenols is 1. The van der Waals surface area contributed by atoms with E-state index < -0.39 is 4.92 Å². The maximum atomic E-state index is 10.9. The quantitative estimate of drug-likeness (QED) is 0.421. The summed E-state index contributed by atoms with van der Waals surface area (Å²) in [5.74, 6) is -0.0935. The molecule has 1 fully saturated rings. The third-order valence-corrected chi connectivity index (χ3v) is 2.83. The van der Waals surface area contributed by atoms with Crippen LogP contribution in [-0.2, 0) is 0 Å². The van der Waals surface area contributed by atoms with Crippen LogP contribution in [0.4, 0.5) is 11.4 Å². The molecular weight excluding hydrogens is 222 g/mol. The van der Waals surface area contributed by atoms with Gasteiger partial charge in [0.25, 0.3) is 5.69 Å². The van der Waals surface area contributed by atoms with Gasteiger partial charge in [-0.15, -0.1) is 0 Å². The van der Waals surface area contributed by atoms with Crippen LogP contribution in [-0.4, -0.2) is 29.2 Å². The number of hydrogen-bond donors (Lipinski definition) is 3. The smallest absolute Gasteiger partial charge is 0.296 e. The molecule has 0 aromatic heterocycles. The Bertz CT molecular complexity index is 416. The highest BCUT2D eigenvalue weighted by Gasteiger charge is 2.19. The molecule has 1 aromatic rings. The van der Waals surface area contributed by atoms with Crippen molar-refractivity contribution in [3.8, 4) is 5.75 Å². The van der Waals surface area contributed by atoms with Crippen LogP contribution in [0.3, 0.4) is 0 Å². The van der Waals surface area contributed by atoms with Crippen molar-refractivity contribution in [3.63, 3.8) is 0 Å². The molecular formula is C11H15N3O3. The third kappa shape index (κ3) is 2.85. The van der Waals surface area contributed by atoms with E-state index in [4.69, 9.17) is 0 Å². The SMILES string of the molecule is O=[N+]([O-])c1cc(O)ccc1NC1CCCNC1.